The Labute approximate surface area is 363 Å². The third-order valence-corrected chi connectivity index (χ3v) is 11.5. The molecule has 346 valence electrons. The van der Waals surface area contributed by atoms with Gasteiger partial charge in [0.15, 0.2) is 6.10 Å². The van der Waals surface area contributed by atoms with Crippen LogP contribution in [0.2, 0.25) is 0 Å². The number of ether oxygens (including phenoxy) is 2. The Kier molecular flexibility index (Phi) is 44.4. The summed E-state index contributed by atoms with van der Waals surface area (Å²) in [6.07, 6.45) is 51.7. The van der Waals surface area contributed by atoms with Crippen molar-refractivity contribution in [2.45, 2.75) is 238 Å². The van der Waals surface area contributed by atoms with Crippen LogP contribution in [-0.4, -0.2) is 49.3 Å². The number of rotatable bonds is 46. The van der Waals surface area contributed by atoms with Crippen molar-refractivity contribution in [1.82, 2.24) is 0 Å². The van der Waals surface area contributed by atoms with E-state index >= 15 is 0 Å². The van der Waals surface area contributed by atoms with Crippen LogP contribution in [-0.2, 0) is 32.7 Å². The van der Waals surface area contributed by atoms with E-state index in [1.165, 1.54) is 154 Å². The number of unbranched alkanes of at least 4 members (excludes halogenated alkanes) is 27. The standard InChI is InChI=1S/C49H92NO8P/c1-3-5-7-9-11-13-15-17-19-21-23-25-27-29-31-33-35-37-39-41-48(51)55-45-47(46-57-59(53,54)56-44-43-50)58-49(52)42-40-38-36-34-32-30-28-26-24-22-20-18-16-14-12-10-8-6-4-2/h11,13,17-20,47H,3-10,12,14-16,21-46,50H2,1-2H3,(H,53,54)/t47-/m1/s1. The van der Waals surface area contributed by atoms with Gasteiger partial charge in [0.05, 0.1) is 13.2 Å². The summed E-state index contributed by atoms with van der Waals surface area (Å²) in [6.45, 7) is 3.73. The first-order chi connectivity index (χ1) is 28.8. The molecule has 0 bridgehead atoms. The molecule has 0 saturated heterocycles. The van der Waals surface area contributed by atoms with Crippen molar-refractivity contribution in [3.63, 3.8) is 0 Å². The van der Waals surface area contributed by atoms with E-state index in [9.17, 15) is 19.0 Å². The van der Waals surface area contributed by atoms with Crippen molar-refractivity contribution in [3.8, 4) is 0 Å². The van der Waals surface area contributed by atoms with Gasteiger partial charge >= 0.3 is 19.8 Å². The molecule has 1 unspecified atom stereocenters. The van der Waals surface area contributed by atoms with E-state index in [2.05, 4.69) is 50.3 Å². The Morgan fingerprint density at radius 1 is 0.508 bits per heavy atom. The lowest BCUT2D eigenvalue weighted by Crippen LogP contribution is -2.29. The second-order valence-corrected chi connectivity index (χ2v) is 17.8. The van der Waals surface area contributed by atoms with Gasteiger partial charge in [-0.3, -0.25) is 18.6 Å². The summed E-state index contributed by atoms with van der Waals surface area (Å²) in [4.78, 5) is 35.0. The van der Waals surface area contributed by atoms with Crippen LogP contribution in [0, 0.1) is 0 Å². The fourth-order valence-corrected chi connectivity index (χ4v) is 7.60. The van der Waals surface area contributed by atoms with Gasteiger partial charge in [-0.15, -0.1) is 0 Å². The van der Waals surface area contributed by atoms with Gasteiger partial charge < -0.3 is 20.1 Å². The maximum atomic E-state index is 12.6. The topological polar surface area (TPSA) is 134 Å². The molecule has 9 nitrogen and oxygen atoms in total. The van der Waals surface area contributed by atoms with Crippen molar-refractivity contribution in [3.05, 3.63) is 36.5 Å². The molecular weight excluding hydrogens is 762 g/mol. The monoisotopic (exact) mass is 854 g/mol. The molecule has 10 heteroatoms. The Bertz CT molecular complexity index is 1060. The van der Waals surface area contributed by atoms with Gasteiger partial charge in [0.1, 0.15) is 6.61 Å². The van der Waals surface area contributed by atoms with Crippen LogP contribution in [0.25, 0.3) is 0 Å². The second-order valence-electron chi connectivity index (χ2n) is 16.3. The summed E-state index contributed by atoms with van der Waals surface area (Å²) >= 11 is 0. The minimum absolute atomic E-state index is 0.0527. The third kappa shape index (κ3) is 45.6. The number of phosphoric acid groups is 1. The van der Waals surface area contributed by atoms with Gasteiger partial charge in [-0.05, 0) is 70.6 Å². The number of esters is 2. The highest BCUT2D eigenvalue weighted by Crippen LogP contribution is 2.43. The zero-order valence-electron chi connectivity index (χ0n) is 38.2. The highest BCUT2D eigenvalue weighted by Gasteiger charge is 2.26. The van der Waals surface area contributed by atoms with Gasteiger partial charge in [0.2, 0.25) is 0 Å². The average molecular weight is 854 g/mol. The van der Waals surface area contributed by atoms with Crippen molar-refractivity contribution in [1.29, 1.82) is 0 Å². The van der Waals surface area contributed by atoms with Crippen LogP contribution in [0.5, 0.6) is 0 Å². The fraction of sp³-hybridized carbons (Fsp3) is 0.837. The molecule has 0 aliphatic heterocycles. The highest BCUT2D eigenvalue weighted by molar-refractivity contribution is 7.47. The van der Waals surface area contributed by atoms with Crippen molar-refractivity contribution < 1.29 is 37.6 Å². The number of allylic oxidation sites excluding steroid dienone is 6. The first kappa shape index (κ1) is 57.2. The van der Waals surface area contributed by atoms with Crippen LogP contribution < -0.4 is 5.73 Å². The van der Waals surface area contributed by atoms with Crippen LogP contribution in [0.15, 0.2) is 36.5 Å². The summed E-state index contributed by atoms with van der Waals surface area (Å²) in [6, 6.07) is 0. The largest absolute Gasteiger partial charge is 0.472 e. The molecule has 0 amide bonds. The van der Waals surface area contributed by atoms with E-state index in [-0.39, 0.29) is 38.6 Å². The van der Waals surface area contributed by atoms with Gasteiger partial charge in [-0.2, -0.15) is 0 Å². The predicted molar refractivity (Wildman–Crippen MR) is 247 cm³/mol. The van der Waals surface area contributed by atoms with Gasteiger partial charge in [0.25, 0.3) is 0 Å². The maximum absolute atomic E-state index is 12.6. The number of hydrogen-bond acceptors (Lipinski definition) is 8. The summed E-state index contributed by atoms with van der Waals surface area (Å²) in [5, 5.41) is 0. The lowest BCUT2D eigenvalue weighted by molar-refractivity contribution is -0.161. The zero-order valence-corrected chi connectivity index (χ0v) is 39.1. The molecule has 0 aliphatic rings. The van der Waals surface area contributed by atoms with Gasteiger partial charge in [-0.1, -0.05) is 185 Å². The van der Waals surface area contributed by atoms with E-state index in [4.69, 9.17) is 24.3 Å². The molecule has 0 aromatic rings. The van der Waals surface area contributed by atoms with E-state index in [1.807, 2.05) is 0 Å². The molecule has 0 aliphatic carbocycles. The molecule has 0 fully saturated rings. The van der Waals surface area contributed by atoms with Crippen LogP contribution in [0.1, 0.15) is 232 Å². The van der Waals surface area contributed by atoms with E-state index in [0.717, 1.165) is 44.9 Å². The minimum Gasteiger partial charge on any atom is -0.462 e. The van der Waals surface area contributed by atoms with E-state index in [1.54, 1.807) is 0 Å². The fourth-order valence-electron chi connectivity index (χ4n) is 6.84. The number of hydrogen-bond donors (Lipinski definition) is 2. The van der Waals surface area contributed by atoms with Crippen LogP contribution in [0.4, 0.5) is 0 Å². The lowest BCUT2D eigenvalue weighted by atomic mass is 10.1. The smallest absolute Gasteiger partial charge is 0.462 e. The molecule has 0 saturated carbocycles. The summed E-state index contributed by atoms with van der Waals surface area (Å²) in [7, 11) is -4.38. The van der Waals surface area contributed by atoms with Gasteiger partial charge in [-0.25, -0.2) is 4.57 Å². The zero-order chi connectivity index (χ0) is 43.2. The molecular formula is C49H92NO8P. The Hall–Kier alpha value is -1.77. The molecule has 3 N–H and O–H groups in total. The Morgan fingerprint density at radius 2 is 0.881 bits per heavy atom. The molecule has 2 atom stereocenters. The van der Waals surface area contributed by atoms with Crippen molar-refractivity contribution in [2.75, 3.05) is 26.4 Å². The number of phosphoric ester groups is 1. The average Bonchev–Trinajstić information content (AvgIpc) is 3.22. The van der Waals surface area contributed by atoms with E-state index in [0.29, 0.717) is 6.42 Å². The summed E-state index contributed by atoms with van der Waals surface area (Å²) < 4.78 is 32.9. The number of nitrogens with two attached hydrogens (primary N) is 1. The van der Waals surface area contributed by atoms with Crippen LogP contribution >= 0.6 is 7.82 Å². The molecule has 0 heterocycles. The first-order valence-corrected chi connectivity index (χ1v) is 26.0. The first-order valence-electron chi connectivity index (χ1n) is 24.5. The molecule has 0 spiro atoms. The summed E-state index contributed by atoms with van der Waals surface area (Å²) in [5.74, 6) is -0.829. The SMILES string of the molecule is CCCCCC=CCC=CCCCCCCCCCCCC(=O)OC[C@H](COP(=O)(O)OCCN)OC(=O)CCCCCCCCCCCC=CCCCCCCCC. The number of carbonyl (C=O) groups excluding carboxylic acids is 2. The lowest BCUT2D eigenvalue weighted by Gasteiger charge is -2.19. The Morgan fingerprint density at radius 3 is 1.34 bits per heavy atom. The molecule has 0 radical (unpaired) electrons. The minimum atomic E-state index is -4.38. The summed E-state index contributed by atoms with van der Waals surface area (Å²) in [5.41, 5.74) is 5.36. The van der Waals surface area contributed by atoms with Gasteiger partial charge in [0, 0.05) is 19.4 Å². The van der Waals surface area contributed by atoms with Crippen molar-refractivity contribution in [2.24, 2.45) is 5.73 Å². The Balaban J connectivity index is 4.07. The predicted octanol–water partition coefficient (Wildman–Crippen LogP) is 14.5. The third-order valence-electron chi connectivity index (χ3n) is 10.5. The van der Waals surface area contributed by atoms with E-state index < -0.39 is 26.5 Å². The second kappa shape index (κ2) is 45.7. The van der Waals surface area contributed by atoms with Crippen molar-refractivity contribution >= 4 is 19.8 Å². The van der Waals surface area contributed by atoms with Crippen LogP contribution in [0.3, 0.4) is 0 Å². The molecule has 0 rings (SSSR count). The molecule has 0 aromatic carbocycles. The molecule has 0 aromatic heterocycles. The normalized spacial score (nSPS) is 13.5. The number of carbonyl (C=O) groups is 2. The maximum Gasteiger partial charge on any atom is 0.472 e. The molecule has 59 heavy (non-hydrogen) atoms. The quantitative estimate of drug-likeness (QED) is 0.0265. The highest BCUT2D eigenvalue weighted by atomic mass is 31.2.